The number of nitrogens with one attached hydrogen (secondary N) is 2. The van der Waals surface area contributed by atoms with E-state index in [-0.39, 0.29) is 20.0 Å². The third-order valence-corrected chi connectivity index (χ3v) is 6.14. The minimum Gasteiger partial charge on any atom is -0.490 e. The number of carbonyl (C=O) groups excluding carboxylic acids is 2. The first-order valence-electron chi connectivity index (χ1n) is 9.60. The average molecular weight is 542 g/mol. The maximum absolute atomic E-state index is 12.8. The Balaban J connectivity index is 1.72. The third-order valence-electron chi connectivity index (χ3n) is 4.10. The first kappa shape index (κ1) is 25.6. The fourth-order valence-corrected chi connectivity index (χ4v) is 4.17. The molecule has 3 amide bonds. The van der Waals surface area contributed by atoms with Crippen LogP contribution in [0.25, 0.3) is 6.08 Å². The van der Waals surface area contributed by atoms with Gasteiger partial charge in [-0.25, -0.2) is 15.0 Å². The number of thioether (sulfide) groups is 1. The minimum atomic E-state index is -1.12. The highest BCUT2D eigenvalue weighted by Gasteiger charge is 2.33. The maximum Gasteiger partial charge on any atom is 0.341 e. The monoisotopic (exact) mass is 541 g/mol. The SMILES string of the molecule is CCOc1cc(/C=C2/SC(=S)N(NC(=O)Nc3ccc(Cl)c(Cl)c3)C2=O)ccc1OCC(=O)O. The van der Waals surface area contributed by atoms with Crippen molar-refractivity contribution in [2.75, 3.05) is 18.5 Å². The van der Waals surface area contributed by atoms with Crippen LogP contribution in [-0.4, -0.2) is 45.6 Å². The molecule has 1 saturated heterocycles. The van der Waals surface area contributed by atoms with Gasteiger partial charge in [0, 0.05) is 5.69 Å². The molecule has 0 atom stereocenters. The van der Waals surface area contributed by atoms with E-state index in [2.05, 4.69) is 10.7 Å². The van der Waals surface area contributed by atoms with Crippen LogP contribution in [0.1, 0.15) is 12.5 Å². The van der Waals surface area contributed by atoms with Crippen molar-refractivity contribution < 1.29 is 29.0 Å². The summed E-state index contributed by atoms with van der Waals surface area (Å²) in [6.07, 6.45) is 1.57. The zero-order chi connectivity index (χ0) is 24.8. The molecule has 3 N–H and O–H groups in total. The predicted molar refractivity (Wildman–Crippen MR) is 134 cm³/mol. The number of carbonyl (C=O) groups is 3. The van der Waals surface area contributed by atoms with Crippen molar-refractivity contribution in [2.45, 2.75) is 6.92 Å². The highest BCUT2D eigenvalue weighted by atomic mass is 35.5. The van der Waals surface area contributed by atoms with Crippen LogP contribution in [0.15, 0.2) is 41.3 Å². The van der Waals surface area contributed by atoms with E-state index in [0.29, 0.717) is 28.6 Å². The summed E-state index contributed by atoms with van der Waals surface area (Å²) in [5.41, 5.74) is 3.37. The number of amides is 3. The summed E-state index contributed by atoms with van der Waals surface area (Å²) in [5, 5.41) is 12.9. The molecule has 0 spiro atoms. The van der Waals surface area contributed by atoms with Crippen molar-refractivity contribution in [3.8, 4) is 11.5 Å². The lowest BCUT2D eigenvalue weighted by molar-refractivity contribution is -0.139. The van der Waals surface area contributed by atoms with Gasteiger partial charge in [-0.05, 0) is 61.1 Å². The zero-order valence-corrected chi connectivity index (χ0v) is 20.6. The van der Waals surface area contributed by atoms with Crippen LogP contribution < -0.4 is 20.2 Å². The Morgan fingerprint density at radius 2 is 1.91 bits per heavy atom. The van der Waals surface area contributed by atoms with Gasteiger partial charge in [0.05, 0.1) is 21.6 Å². The third kappa shape index (κ3) is 6.54. The van der Waals surface area contributed by atoms with E-state index in [0.717, 1.165) is 16.8 Å². The average Bonchev–Trinajstić information content (AvgIpc) is 3.03. The summed E-state index contributed by atoms with van der Waals surface area (Å²) in [6, 6.07) is 8.63. The summed E-state index contributed by atoms with van der Waals surface area (Å²) in [4.78, 5) is 36.2. The van der Waals surface area contributed by atoms with Gasteiger partial charge in [0.1, 0.15) is 0 Å². The second kappa shape index (κ2) is 11.4. The van der Waals surface area contributed by atoms with E-state index in [4.69, 9.17) is 50.0 Å². The van der Waals surface area contributed by atoms with Crippen LogP contribution in [-0.2, 0) is 9.59 Å². The number of anilines is 1. The number of aliphatic carboxylic acids is 1. The van der Waals surface area contributed by atoms with E-state index in [1.54, 1.807) is 37.3 Å². The van der Waals surface area contributed by atoms with Crippen molar-refractivity contribution in [1.29, 1.82) is 0 Å². The number of thiocarbonyl (C=S) groups is 1. The van der Waals surface area contributed by atoms with Gasteiger partial charge < -0.3 is 19.9 Å². The van der Waals surface area contributed by atoms with Crippen molar-refractivity contribution in [2.24, 2.45) is 0 Å². The zero-order valence-electron chi connectivity index (χ0n) is 17.5. The first-order chi connectivity index (χ1) is 16.2. The van der Waals surface area contributed by atoms with Gasteiger partial charge in [0.15, 0.2) is 22.4 Å². The Bertz CT molecular complexity index is 1190. The van der Waals surface area contributed by atoms with E-state index in [1.807, 2.05) is 0 Å². The fraction of sp³-hybridized carbons (Fsp3) is 0.143. The quantitative estimate of drug-likeness (QED) is 0.322. The van der Waals surface area contributed by atoms with Gasteiger partial charge in [-0.3, -0.25) is 4.79 Å². The number of carboxylic acids is 1. The van der Waals surface area contributed by atoms with Crippen LogP contribution in [0.3, 0.4) is 0 Å². The van der Waals surface area contributed by atoms with Gasteiger partial charge in [-0.1, -0.05) is 41.0 Å². The molecule has 2 aromatic rings. The number of hydrogen-bond acceptors (Lipinski definition) is 7. The number of ether oxygens (including phenoxy) is 2. The standard InChI is InChI=1S/C21H17Cl2N3O6S2/c1-2-31-16-7-11(3-6-15(16)32-10-18(27)28)8-17-19(29)26(21(33)34-17)25-20(30)24-12-4-5-13(22)14(23)9-12/h3-9H,2,10H2,1H3,(H,27,28)(H2,24,25,30)/b17-8+. The lowest BCUT2D eigenvalue weighted by atomic mass is 10.2. The number of nitrogens with zero attached hydrogens (tertiary/aromatic N) is 1. The molecule has 1 aliphatic heterocycles. The van der Waals surface area contributed by atoms with Gasteiger partial charge in [0.2, 0.25) is 0 Å². The molecular weight excluding hydrogens is 525 g/mol. The fourth-order valence-electron chi connectivity index (χ4n) is 2.69. The van der Waals surface area contributed by atoms with Crippen LogP contribution in [0.2, 0.25) is 10.0 Å². The molecule has 0 bridgehead atoms. The lowest BCUT2D eigenvalue weighted by Gasteiger charge is -2.16. The summed E-state index contributed by atoms with van der Waals surface area (Å²) >= 11 is 18.0. The van der Waals surface area contributed by atoms with E-state index in [1.165, 1.54) is 12.1 Å². The molecule has 0 unspecified atom stereocenters. The van der Waals surface area contributed by atoms with Crippen molar-refractivity contribution in [3.63, 3.8) is 0 Å². The summed E-state index contributed by atoms with van der Waals surface area (Å²) in [6.45, 7) is 1.58. The molecule has 9 nitrogen and oxygen atoms in total. The molecule has 13 heteroatoms. The van der Waals surface area contributed by atoms with Gasteiger partial charge >= 0.3 is 12.0 Å². The molecule has 0 radical (unpaired) electrons. The number of hydrogen-bond donors (Lipinski definition) is 3. The second-order valence-electron chi connectivity index (χ2n) is 6.53. The van der Waals surface area contributed by atoms with Crippen LogP contribution in [0.5, 0.6) is 11.5 Å². The van der Waals surface area contributed by atoms with Crippen LogP contribution in [0, 0.1) is 0 Å². The summed E-state index contributed by atoms with van der Waals surface area (Å²) in [5.74, 6) is -1.06. The molecule has 0 aliphatic carbocycles. The number of halogens is 2. The molecule has 34 heavy (non-hydrogen) atoms. The van der Waals surface area contributed by atoms with Crippen molar-refractivity contribution in [1.82, 2.24) is 10.4 Å². The van der Waals surface area contributed by atoms with Gasteiger partial charge in [-0.2, -0.15) is 5.01 Å². The number of benzene rings is 2. The maximum atomic E-state index is 12.8. The van der Waals surface area contributed by atoms with Gasteiger partial charge in [0.25, 0.3) is 5.91 Å². The minimum absolute atomic E-state index is 0.131. The Labute approximate surface area is 214 Å². The van der Waals surface area contributed by atoms with Crippen LogP contribution in [0.4, 0.5) is 10.5 Å². The van der Waals surface area contributed by atoms with Gasteiger partial charge in [-0.15, -0.1) is 0 Å². The molecule has 0 aromatic heterocycles. The number of hydrazine groups is 1. The van der Waals surface area contributed by atoms with E-state index in [9.17, 15) is 14.4 Å². The molecule has 1 aliphatic rings. The molecular formula is C21H17Cl2N3O6S2. The highest BCUT2D eigenvalue weighted by Crippen LogP contribution is 2.34. The van der Waals surface area contributed by atoms with Crippen LogP contribution >= 0.6 is 47.2 Å². The molecule has 178 valence electrons. The highest BCUT2D eigenvalue weighted by molar-refractivity contribution is 8.26. The number of rotatable bonds is 8. The predicted octanol–water partition coefficient (Wildman–Crippen LogP) is 4.79. The Hall–Kier alpha value is -2.99. The molecule has 1 heterocycles. The first-order valence-corrected chi connectivity index (χ1v) is 11.6. The smallest absolute Gasteiger partial charge is 0.341 e. The molecule has 3 rings (SSSR count). The number of carboxylic acid groups (broad SMARTS) is 1. The molecule has 0 saturated carbocycles. The summed E-state index contributed by atoms with van der Waals surface area (Å²) < 4.78 is 10.9. The summed E-state index contributed by atoms with van der Waals surface area (Å²) in [7, 11) is 0. The topological polar surface area (TPSA) is 117 Å². The molecule has 1 fully saturated rings. The normalized spacial score (nSPS) is 14.3. The van der Waals surface area contributed by atoms with E-state index >= 15 is 0 Å². The Morgan fingerprint density at radius 1 is 1.15 bits per heavy atom. The molecule has 2 aromatic carbocycles. The number of urea groups is 1. The van der Waals surface area contributed by atoms with E-state index < -0.39 is 24.5 Å². The lowest BCUT2D eigenvalue weighted by Crippen LogP contribution is -2.46. The Kier molecular flexibility index (Phi) is 8.61. The largest absolute Gasteiger partial charge is 0.490 e. The van der Waals surface area contributed by atoms with Crippen molar-refractivity contribution >= 4 is 81.2 Å². The second-order valence-corrected chi connectivity index (χ2v) is 9.02. The van der Waals surface area contributed by atoms with Crippen molar-refractivity contribution in [3.05, 3.63) is 56.9 Å². The Morgan fingerprint density at radius 3 is 2.59 bits per heavy atom.